The normalized spacial score (nSPS) is 11.4. The van der Waals surface area contributed by atoms with Gasteiger partial charge in [0, 0.05) is 5.69 Å². The summed E-state index contributed by atoms with van der Waals surface area (Å²) in [5, 5.41) is 5.06. The lowest BCUT2D eigenvalue weighted by Gasteiger charge is -2.07. The van der Waals surface area contributed by atoms with Crippen LogP contribution in [-0.4, -0.2) is 8.42 Å². The van der Waals surface area contributed by atoms with E-state index in [1.165, 1.54) is 6.07 Å². The van der Waals surface area contributed by atoms with E-state index < -0.39 is 10.0 Å². The molecular weight excluding hydrogens is 262 g/mol. The Kier molecular flexibility index (Phi) is 3.46. The van der Waals surface area contributed by atoms with Crippen molar-refractivity contribution in [1.29, 1.82) is 0 Å². The summed E-state index contributed by atoms with van der Waals surface area (Å²) in [5.74, 6) is 0. The van der Waals surface area contributed by atoms with E-state index in [4.69, 9.17) is 16.6 Å². The third-order valence-electron chi connectivity index (χ3n) is 2.77. The van der Waals surface area contributed by atoms with Crippen LogP contribution in [0.1, 0.15) is 11.1 Å². The minimum Gasteiger partial charge on any atom is -0.399 e. The maximum Gasteiger partial charge on any atom is 0.240 e. The van der Waals surface area contributed by atoms with Crippen LogP contribution in [0.5, 0.6) is 0 Å². The van der Waals surface area contributed by atoms with Gasteiger partial charge in [0.2, 0.25) is 10.0 Å². The molecule has 0 atom stereocenters. The molecule has 5 nitrogen and oxygen atoms in total. The Morgan fingerprint density at radius 1 is 0.895 bits per heavy atom. The van der Waals surface area contributed by atoms with Gasteiger partial charge in [-0.3, -0.25) is 0 Å². The molecule has 0 aliphatic heterocycles. The quantitative estimate of drug-likeness (QED) is 0.729. The second-order valence-corrected chi connectivity index (χ2v) is 5.87. The lowest BCUT2D eigenvalue weighted by atomic mass is 10.0. The van der Waals surface area contributed by atoms with E-state index in [-0.39, 0.29) is 10.6 Å². The van der Waals surface area contributed by atoms with E-state index in [1.807, 2.05) is 24.3 Å². The van der Waals surface area contributed by atoms with Crippen molar-refractivity contribution in [2.75, 3.05) is 11.5 Å². The summed E-state index contributed by atoms with van der Waals surface area (Å²) in [4.78, 5) is -0.0476. The highest BCUT2D eigenvalue weighted by atomic mass is 32.2. The van der Waals surface area contributed by atoms with Gasteiger partial charge in [-0.05, 0) is 41.8 Å². The molecule has 0 spiro atoms. The molecule has 2 aromatic carbocycles. The van der Waals surface area contributed by atoms with Crippen LogP contribution in [0.3, 0.4) is 0 Å². The highest BCUT2D eigenvalue weighted by Gasteiger charge is 2.12. The minimum absolute atomic E-state index is 0.0476. The number of benzene rings is 2. The van der Waals surface area contributed by atoms with Gasteiger partial charge in [-0.1, -0.05) is 18.2 Å². The van der Waals surface area contributed by atoms with Crippen molar-refractivity contribution < 1.29 is 8.42 Å². The Labute approximate surface area is 112 Å². The molecule has 0 aliphatic rings. The van der Waals surface area contributed by atoms with E-state index in [9.17, 15) is 8.42 Å². The topological polar surface area (TPSA) is 112 Å². The summed E-state index contributed by atoms with van der Waals surface area (Å²) in [7, 11) is -3.77. The molecule has 0 fully saturated rings. The third-order valence-corrected chi connectivity index (χ3v) is 3.75. The molecule has 0 unspecified atom stereocenters. The zero-order valence-electron chi connectivity index (χ0n) is 10.2. The van der Waals surface area contributed by atoms with Crippen LogP contribution in [0.15, 0.2) is 47.4 Å². The van der Waals surface area contributed by atoms with Crippen LogP contribution in [-0.2, 0) is 16.4 Å². The number of hydrogen-bond acceptors (Lipinski definition) is 4. The Morgan fingerprint density at radius 3 is 2.00 bits per heavy atom. The predicted octanol–water partition coefficient (Wildman–Crippen LogP) is 1.09. The first-order valence-electron chi connectivity index (χ1n) is 5.62. The average Bonchev–Trinajstić information content (AvgIpc) is 2.30. The molecule has 0 heterocycles. The summed E-state index contributed by atoms with van der Waals surface area (Å²) in [6.07, 6.45) is 0.648. The first-order chi connectivity index (χ1) is 8.86. The molecule has 0 saturated carbocycles. The first-order valence-corrected chi connectivity index (χ1v) is 7.16. The van der Waals surface area contributed by atoms with Crippen LogP contribution in [0, 0.1) is 0 Å². The van der Waals surface area contributed by atoms with Gasteiger partial charge in [-0.25, -0.2) is 13.6 Å². The van der Waals surface area contributed by atoms with Crippen LogP contribution >= 0.6 is 0 Å². The molecule has 0 radical (unpaired) electrons. The molecule has 0 saturated heterocycles. The minimum atomic E-state index is -3.77. The Hall–Kier alpha value is -2.05. The first kappa shape index (κ1) is 13.4. The number of hydrogen-bond donors (Lipinski definition) is 3. The second kappa shape index (κ2) is 4.91. The maximum absolute atomic E-state index is 11.2. The maximum atomic E-state index is 11.2. The molecule has 100 valence electrons. The van der Waals surface area contributed by atoms with Crippen molar-refractivity contribution in [3.63, 3.8) is 0 Å². The molecule has 0 bridgehead atoms. The Balaban J connectivity index is 2.28. The highest BCUT2D eigenvalue weighted by Crippen LogP contribution is 2.20. The number of primary sulfonamides is 1. The van der Waals surface area contributed by atoms with Crippen molar-refractivity contribution in [2.45, 2.75) is 11.3 Å². The fraction of sp³-hybridized carbons (Fsp3) is 0.0769. The van der Waals surface area contributed by atoms with Gasteiger partial charge in [0.15, 0.2) is 0 Å². The predicted molar refractivity (Wildman–Crippen MR) is 75.9 cm³/mol. The monoisotopic (exact) mass is 277 g/mol. The molecule has 6 heteroatoms. The molecule has 2 rings (SSSR count). The fourth-order valence-electron chi connectivity index (χ4n) is 1.84. The standard InChI is InChI=1S/C13H15N3O2S/c14-11-4-1-9(2-5-11)7-10-3-6-13(12(15)8-10)19(16,17)18/h1-6,8H,7,14-15H2,(H2,16,17,18). The van der Waals surface area contributed by atoms with Crippen LogP contribution in [0.25, 0.3) is 0 Å². The number of nitrogen functional groups attached to an aromatic ring is 2. The van der Waals surface area contributed by atoms with Gasteiger partial charge >= 0.3 is 0 Å². The smallest absolute Gasteiger partial charge is 0.240 e. The van der Waals surface area contributed by atoms with Gasteiger partial charge < -0.3 is 11.5 Å². The number of sulfonamides is 1. The van der Waals surface area contributed by atoms with Crippen LogP contribution in [0.2, 0.25) is 0 Å². The lowest BCUT2D eigenvalue weighted by molar-refractivity contribution is 0.598. The number of nitrogens with two attached hydrogens (primary N) is 3. The van der Waals surface area contributed by atoms with E-state index in [0.29, 0.717) is 12.1 Å². The second-order valence-electron chi connectivity index (χ2n) is 4.34. The largest absolute Gasteiger partial charge is 0.399 e. The van der Waals surface area contributed by atoms with Crippen molar-refractivity contribution in [3.05, 3.63) is 53.6 Å². The molecule has 0 aliphatic carbocycles. The van der Waals surface area contributed by atoms with E-state index in [0.717, 1.165) is 11.1 Å². The summed E-state index contributed by atoms with van der Waals surface area (Å²) in [6, 6.07) is 12.2. The van der Waals surface area contributed by atoms with E-state index >= 15 is 0 Å². The van der Waals surface area contributed by atoms with Gasteiger partial charge in [0.05, 0.1) is 5.69 Å². The zero-order chi connectivity index (χ0) is 14.0. The van der Waals surface area contributed by atoms with Crippen molar-refractivity contribution in [2.24, 2.45) is 5.14 Å². The lowest BCUT2D eigenvalue weighted by Crippen LogP contribution is -2.14. The van der Waals surface area contributed by atoms with Gasteiger partial charge in [0.1, 0.15) is 4.90 Å². The Morgan fingerprint density at radius 2 is 1.47 bits per heavy atom. The molecule has 0 amide bonds. The summed E-state index contributed by atoms with van der Waals surface area (Å²) in [5.41, 5.74) is 14.2. The third kappa shape index (κ3) is 3.24. The number of anilines is 2. The van der Waals surface area contributed by atoms with Gasteiger partial charge in [-0.15, -0.1) is 0 Å². The van der Waals surface area contributed by atoms with E-state index in [1.54, 1.807) is 12.1 Å². The Bertz CT molecular complexity index is 694. The summed E-state index contributed by atoms with van der Waals surface area (Å²) < 4.78 is 22.5. The molecule has 19 heavy (non-hydrogen) atoms. The molecular formula is C13H15N3O2S. The van der Waals surface area contributed by atoms with Crippen LogP contribution < -0.4 is 16.6 Å². The summed E-state index contributed by atoms with van der Waals surface area (Å²) in [6.45, 7) is 0. The average molecular weight is 277 g/mol. The molecule has 2 aromatic rings. The SMILES string of the molecule is Nc1ccc(Cc2ccc(S(N)(=O)=O)c(N)c2)cc1. The number of rotatable bonds is 3. The van der Waals surface area contributed by atoms with Crippen LogP contribution in [0.4, 0.5) is 11.4 Å². The fourth-order valence-corrected chi connectivity index (χ4v) is 2.48. The highest BCUT2D eigenvalue weighted by molar-refractivity contribution is 7.89. The van der Waals surface area contributed by atoms with Crippen molar-refractivity contribution in [1.82, 2.24) is 0 Å². The molecule has 0 aromatic heterocycles. The summed E-state index contributed by atoms with van der Waals surface area (Å²) >= 11 is 0. The van der Waals surface area contributed by atoms with Crippen molar-refractivity contribution in [3.8, 4) is 0 Å². The van der Waals surface area contributed by atoms with Crippen molar-refractivity contribution >= 4 is 21.4 Å². The van der Waals surface area contributed by atoms with E-state index in [2.05, 4.69) is 0 Å². The zero-order valence-corrected chi connectivity index (χ0v) is 11.0. The molecule has 6 N–H and O–H groups in total. The van der Waals surface area contributed by atoms with Gasteiger partial charge in [0.25, 0.3) is 0 Å². The van der Waals surface area contributed by atoms with Gasteiger partial charge in [-0.2, -0.15) is 0 Å².